The van der Waals surface area contributed by atoms with Gasteiger partial charge < -0.3 is 5.21 Å². The topological polar surface area (TPSA) is 56.4 Å². The molecule has 4 heteroatoms. The predicted molar refractivity (Wildman–Crippen MR) is 64.9 cm³/mol. The van der Waals surface area contributed by atoms with E-state index in [2.05, 4.69) is 11.2 Å². The number of hydrogen-bond acceptors (Lipinski definition) is 4. The molecular weight excluding hydrogens is 220 g/mol. The Morgan fingerprint density at radius 2 is 2.00 bits per heavy atom. The number of nitriles is 1. The molecule has 1 heterocycles. The average Bonchev–Trinajstić information content (AvgIpc) is 2.80. The van der Waals surface area contributed by atoms with Crippen LogP contribution in [0.3, 0.4) is 0 Å². The predicted octanol–water partition coefficient (Wildman–Crippen LogP) is 3.01. The zero-order chi connectivity index (χ0) is 11.4. The number of benzene rings is 1. The summed E-state index contributed by atoms with van der Waals surface area (Å²) in [5.74, 6) is 0. The lowest BCUT2D eigenvalue weighted by Crippen LogP contribution is -1.84. The highest BCUT2D eigenvalue weighted by atomic mass is 32.2. The van der Waals surface area contributed by atoms with Crippen LogP contribution in [0.25, 0.3) is 5.57 Å². The summed E-state index contributed by atoms with van der Waals surface area (Å²) in [5, 5.41) is 21.4. The van der Waals surface area contributed by atoms with E-state index in [0.29, 0.717) is 10.6 Å². The molecule has 0 saturated carbocycles. The van der Waals surface area contributed by atoms with Gasteiger partial charge in [0.15, 0.2) is 0 Å². The minimum Gasteiger partial charge on any atom is -0.410 e. The van der Waals surface area contributed by atoms with E-state index in [4.69, 9.17) is 10.5 Å². The van der Waals surface area contributed by atoms with Crippen molar-refractivity contribution in [3.63, 3.8) is 0 Å². The van der Waals surface area contributed by atoms with Crippen molar-refractivity contribution in [2.45, 2.75) is 0 Å². The van der Waals surface area contributed by atoms with Gasteiger partial charge in [0.05, 0.1) is 5.57 Å². The van der Waals surface area contributed by atoms with Crippen molar-refractivity contribution in [1.29, 1.82) is 5.26 Å². The van der Waals surface area contributed by atoms with Crippen molar-refractivity contribution in [2.24, 2.45) is 5.16 Å². The molecule has 0 atom stereocenters. The first-order valence-corrected chi connectivity index (χ1v) is 5.44. The van der Waals surface area contributed by atoms with Gasteiger partial charge in [-0.1, -0.05) is 47.2 Å². The lowest BCUT2D eigenvalue weighted by Gasteiger charge is -2.01. The summed E-state index contributed by atoms with van der Waals surface area (Å²) in [6, 6.07) is 11.6. The lowest BCUT2D eigenvalue weighted by molar-refractivity contribution is 0.321. The Balaban J connectivity index is 2.43. The monoisotopic (exact) mass is 228 g/mol. The number of rotatable bonds is 1. The van der Waals surface area contributed by atoms with Crippen molar-refractivity contribution in [1.82, 2.24) is 0 Å². The van der Waals surface area contributed by atoms with E-state index >= 15 is 0 Å². The van der Waals surface area contributed by atoms with E-state index in [1.165, 1.54) is 11.8 Å². The van der Waals surface area contributed by atoms with E-state index in [0.717, 1.165) is 10.5 Å². The fraction of sp³-hybridized carbons (Fsp3) is 0. The second-order valence-corrected chi connectivity index (χ2v) is 4.15. The number of allylic oxidation sites excluding steroid dienone is 2. The molecular formula is C12H8N2OS. The highest BCUT2D eigenvalue weighted by Crippen LogP contribution is 2.33. The molecule has 1 aromatic carbocycles. The standard InChI is InChI=1S/C12H8N2OS/c13-8-10(9-4-2-1-3-5-9)11-6-7-12(14-15)16-11/h1-7,15H/b11-10-,14-12+. The zero-order valence-corrected chi connectivity index (χ0v) is 9.11. The number of nitrogens with zero attached hydrogens (tertiary/aromatic N) is 2. The molecule has 0 unspecified atom stereocenters. The molecule has 3 nitrogen and oxygen atoms in total. The Bertz CT molecular complexity index is 524. The van der Waals surface area contributed by atoms with Gasteiger partial charge in [0.1, 0.15) is 11.1 Å². The summed E-state index contributed by atoms with van der Waals surface area (Å²) >= 11 is 1.28. The smallest absolute Gasteiger partial charge is 0.140 e. The van der Waals surface area contributed by atoms with Crippen LogP contribution in [0, 0.1) is 11.3 Å². The van der Waals surface area contributed by atoms with Crippen LogP contribution >= 0.6 is 11.8 Å². The third-order valence-corrected chi connectivity index (χ3v) is 3.10. The molecule has 1 N–H and O–H groups in total. The van der Waals surface area contributed by atoms with Crippen molar-refractivity contribution in [3.8, 4) is 6.07 Å². The molecule has 0 fully saturated rings. The molecule has 0 bridgehead atoms. The first-order chi connectivity index (χ1) is 7.85. The molecule has 2 rings (SSSR count). The van der Waals surface area contributed by atoms with E-state index in [1.807, 2.05) is 30.3 Å². The summed E-state index contributed by atoms with van der Waals surface area (Å²) in [6.07, 6.45) is 3.46. The van der Waals surface area contributed by atoms with Crippen LogP contribution in [0.5, 0.6) is 0 Å². The van der Waals surface area contributed by atoms with Crippen LogP contribution < -0.4 is 0 Å². The number of thioether (sulfide) groups is 1. The molecule has 0 saturated heterocycles. The first-order valence-electron chi connectivity index (χ1n) is 4.63. The maximum absolute atomic E-state index is 9.14. The molecule has 0 aliphatic carbocycles. The average molecular weight is 228 g/mol. The summed E-state index contributed by atoms with van der Waals surface area (Å²) in [7, 11) is 0. The summed E-state index contributed by atoms with van der Waals surface area (Å²) < 4.78 is 0. The largest absolute Gasteiger partial charge is 0.410 e. The van der Waals surface area contributed by atoms with E-state index < -0.39 is 0 Å². The Kier molecular flexibility index (Phi) is 3.08. The first kappa shape index (κ1) is 10.5. The maximum atomic E-state index is 9.14. The van der Waals surface area contributed by atoms with E-state index in [1.54, 1.807) is 12.2 Å². The quantitative estimate of drug-likeness (QED) is 0.456. The fourth-order valence-electron chi connectivity index (χ4n) is 1.38. The molecule has 1 aliphatic heterocycles. The van der Waals surface area contributed by atoms with Gasteiger partial charge in [-0.25, -0.2) is 0 Å². The second kappa shape index (κ2) is 4.69. The van der Waals surface area contributed by atoms with Gasteiger partial charge in [-0.15, -0.1) is 0 Å². The van der Waals surface area contributed by atoms with Gasteiger partial charge in [0.25, 0.3) is 0 Å². The summed E-state index contributed by atoms with van der Waals surface area (Å²) in [4.78, 5) is 0.807. The van der Waals surface area contributed by atoms with Crippen LogP contribution in [-0.4, -0.2) is 10.3 Å². The van der Waals surface area contributed by atoms with Crippen LogP contribution in [0.4, 0.5) is 0 Å². The normalized spacial score (nSPS) is 19.8. The van der Waals surface area contributed by atoms with Crippen molar-refractivity contribution >= 4 is 22.4 Å². The minimum atomic E-state index is 0.499. The van der Waals surface area contributed by atoms with Crippen molar-refractivity contribution < 1.29 is 5.21 Å². The maximum Gasteiger partial charge on any atom is 0.140 e. The highest BCUT2D eigenvalue weighted by Gasteiger charge is 2.14. The lowest BCUT2D eigenvalue weighted by atomic mass is 10.1. The highest BCUT2D eigenvalue weighted by molar-refractivity contribution is 8.18. The molecule has 0 radical (unpaired) electrons. The molecule has 78 valence electrons. The molecule has 16 heavy (non-hydrogen) atoms. The molecule has 0 aromatic heterocycles. The van der Waals surface area contributed by atoms with Crippen molar-refractivity contribution in [3.05, 3.63) is 53.0 Å². The molecule has 0 spiro atoms. The van der Waals surface area contributed by atoms with Crippen LogP contribution in [0.2, 0.25) is 0 Å². The zero-order valence-electron chi connectivity index (χ0n) is 8.29. The second-order valence-electron chi connectivity index (χ2n) is 3.09. The van der Waals surface area contributed by atoms with Gasteiger partial charge in [-0.2, -0.15) is 5.26 Å². The third-order valence-electron chi connectivity index (χ3n) is 2.11. The summed E-state index contributed by atoms with van der Waals surface area (Å²) in [6.45, 7) is 0. The van der Waals surface area contributed by atoms with Gasteiger partial charge in [-0.3, -0.25) is 0 Å². The molecule has 1 aromatic rings. The SMILES string of the molecule is N#C/C(=C1C=C/C(=N\O)S\1)c1ccccc1. The Morgan fingerprint density at radius 1 is 1.25 bits per heavy atom. The minimum absolute atomic E-state index is 0.499. The van der Waals surface area contributed by atoms with Crippen molar-refractivity contribution in [2.75, 3.05) is 0 Å². The fourth-order valence-corrected chi connectivity index (χ4v) is 2.19. The molecule has 1 aliphatic rings. The summed E-state index contributed by atoms with van der Waals surface area (Å²) in [5.41, 5.74) is 1.47. The van der Waals surface area contributed by atoms with Crippen LogP contribution in [0.15, 0.2) is 52.5 Å². The van der Waals surface area contributed by atoms with E-state index in [-0.39, 0.29) is 0 Å². The number of oxime groups is 1. The Hall–Kier alpha value is -1.99. The van der Waals surface area contributed by atoms with Crippen LogP contribution in [0.1, 0.15) is 5.56 Å². The third kappa shape index (κ3) is 2.00. The van der Waals surface area contributed by atoms with E-state index in [9.17, 15) is 0 Å². The Labute approximate surface area is 97.4 Å². The van der Waals surface area contributed by atoms with Gasteiger partial charge in [-0.05, 0) is 17.7 Å². The number of hydrogen-bond donors (Lipinski definition) is 1. The molecule has 0 amide bonds. The van der Waals surface area contributed by atoms with Gasteiger partial charge in [0.2, 0.25) is 0 Å². The Morgan fingerprint density at radius 3 is 2.56 bits per heavy atom. The van der Waals surface area contributed by atoms with Gasteiger partial charge >= 0.3 is 0 Å². The van der Waals surface area contributed by atoms with Gasteiger partial charge in [0, 0.05) is 4.91 Å². The van der Waals surface area contributed by atoms with Crippen LogP contribution in [-0.2, 0) is 0 Å².